The fourth-order valence-corrected chi connectivity index (χ4v) is 3.88. The molecule has 0 aromatic heterocycles. The van der Waals surface area contributed by atoms with Crippen LogP contribution in [0.25, 0.3) is 11.1 Å². The van der Waals surface area contributed by atoms with Crippen LogP contribution in [0, 0.1) is 0 Å². The van der Waals surface area contributed by atoms with E-state index in [0.717, 1.165) is 24.3 Å². The Kier molecular flexibility index (Phi) is 4.85. The minimum Gasteiger partial charge on any atom is -0.483 e. The fraction of sp³-hybridized carbons (Fsp3) is 0.333. The Hall–Kier alpha value is -3.47. The molecule has 3 heterocycles. The SMILES string of the molecule is CC1C(=O)NN=C2COc3cc(-c4ccc(OC(F)(F)F)cc4)c(NC4CNC4)cc3N21. The minimum atomic E-state index is -4.75. The Labute approximate surface area is 181 Å². The number of anilines is 2. The van der Waals surface area contributed by atoms with Crippen molar-refractivity contribution in [3.8, 4) is 22.6 Å². The summed E-state index contributed by atoms with van der Waals surface area (Å²) in [7, 11) is 0. The van der Waals surface area contributed by atoms with E-state index in [9.17, 15) is 18.0 Å². The third kappa shape index (κ3) is 3.79. The lowest BCUT2D eigenvalue weighted by Gasteiger charge is -2.39. The Morgan fingerprint density at radius 1 is 1.22 bits per heavy atom. The van der Waals surface area contributed by atoms with E-state index in [1.165, 1.54) is 12.1 Å². The summed E-state index contributed by atoms with van der Waals surface area (Å²) in [6.07, 6.45) is -4.75. The van der Waals surface area contributed by atoms with Crippen LogP contribution in [0.1, 0.15) is 6.92 Å². The number of hydrogen-bond donors (Lipinski definition) is 3. The molecular weight excluding hydrogens is 427 g/mol. The third-order valence-electron chi connectivity index (χ3n) is 5.60. The molecule has 1 atom stereocenters. The van der Waals surface area contributed by atoms with Crippen LogP contribution in [0.5, 0.6) is 11.5 Å². The van der Waals surface area contributed by atoms with E-state index in [1.807, 2.05) is 17.0 Å². The average Bonchev–Trinajstić information content (AvgIpc) is 2.72. The van der Waals surface area contributed by atoms with Crippen LogP contribution in [0.15, 0.2) is 41.5 Å². The molecule has 1 saturated heterocycles. The molecule has 32 heavy (non-hydrogen) atoms. The number of fused-ring (bicyclic) bond motifs is 3. The van der Waals surface area contributed by atoms with Crippen LogP contribution in [0.3, 0.4) is 0 Å². The molecule has 3 N–H and O–H groups in total. The van der Waals surface area contributed by atoms with Gasteiger partial charge in [-0.05, 0) is 36.8 Å². The standard InChI is InChI=1S/C21H20F3N5O3/c1-11-20(30)28-27-19-10-31-18-6-15(12-2-4-14(5-3-12)32-21(22,23)24)16(7-17(18)29(11)19)26-13-8-25-9-13/h2-7,11,13,25-26H,8-10H2,1H3,(H,28,30). The van der Waals surface area contributed by atoms with Crippen molar-refractivity contribution in [1.29, 1.82) is 0 Å². The Bertz CT molecular complexity index is 1080. The van der Waals surface area contributed by atoms with Crippen LogP contribution in [-0.2, 0) is 4.79 Å². The van der Waals surface area contributed by atoms with E-state index in [0.29, 0.717) is 22.8 Å². The number of nitrogens with zero attached hydrogens (tertiary/aromatic N) is 2. The highest BCUT2D eigenvalue weighted by molar-refractivity contribution is 6.10. The zero-order valence-corrected chi connectivity index (χ0v) is 17.0. The maximum Gasteiger partial charge on any atom is 0.573 e. The number of nitrogens with one attached hydrogen (secondary N) is 3. The molecule has 8 nitrogen and oxygen atoms in total. The van der Waals surface area contributed by atoms with Gasteiger partial charge in [0.25, 0.3) is 5.91 Å². The molecule has 11 heteroatoms. The van der Waals surface area contributed by atoms with Gasteiger partial charge in [0.1, 0.15) is 24.1 Å². The van der Waals surface area contributed by atoms with Crippen molar-refractivity contribution in [2.45, 2.75) is 25.4 Å². The number of halogens is 3. The summed E-state index contributed by atoms with van der Waals surface area (Å²) in [4.78, 5) is 14.0. The minimum absolute atomic E-state index is 0.189. The zero-order valence-electron chi connectivity index (χ0n) is 17.0. The van der Waals surface area contributed by atoms with E-state index < -0.39 is 12.4 Å². The first-order chi connectivity index (χ1) is 15.3. The van der Waals surface area contributed by atoms with Gasteiger partial charge >= 0.3 is 6.36 Å². The second-order valence-electron chi connectivity index (χ2n) is 7.78. The summed E-state index contributed by atoms with van der Waals surface area (Å²) in [5, 5.41) is 10.8. The molecule has 0 aliphatic carbocycles. The molecule has 1 unspecified atom stereocenters. The quantitative estimate of drug-likeness (QED) is 0.668. The van der Waals surface area contributed by atoms with E-state index in [1.54, 1.807) is 19.1 Å². The van der Waals surface area contributed by atoms with Crippen LogP contribution < -0.4 is 30.4 Å². The molecule has 0 saturated carbocycles. The third-order valence-corrected chi connectivity index (χ3v) is 5.60. The summed E-state index contributed by atoms with van der Waals surface area (Å²) < 4.78 is 47.4. The average molecular weight is 447 g/mol. The number of carbonyl (C=O) groups is 1. The van der Waals surface area contributed by atoms with Crippen molar-refractivity contribution in [1.82, 2.24) is 10.7 Å². The first-order valence-corrected chi connectivity index (χ1v) is 10.1. The second kappa shape index (κ2) is 7.59. The number of carbonyl (C=O) groups excluding carboxylic acids is 1. The molecule has 0 bridgehead atoms. The van der Waals surface area contributed by atoms with Crippen molar-refractivity contribution < 1.29 is 27.4 Å². The molecule has 168 valence electrons. The molecule has 2 aromatic carbocycles. The van der Waals surface area contributed by atoms with Crippen LogP contribution in [0.2, 0.25) is 0 Å². The van der Waals surface area contributed by atoms with Crippen molar-refractivity contribution in [3.05, 3.63) is 36.4 Å². The normalized spacial score (nSPS) is 20.2. The zero-order chi connectivity index (χ0) is 22.5. The number of amidine groups is 1. The number of alkyl halides is 3. The molecule has 5 rings (SSSR count). The Morgan fingerprint density at radius 2 is 1.97 bits per heavy atom. The molecule has 1 amide bonds. The maximum absolute atomic E-state index is 12.5. The molecular formula is C21H20F3N5O3. The van der Waals surface area contributed by atoms with E-state index in [2.05, 4.69) is 25.9 Å². The number of rotatable bonds is 4. The topological polar surface area (TPSA) is 87.2 Å². The first-order valence-electron chi connectivity index (χ1n) is 10.1. The molecule has 3 aliphatic rings. The van der Waals surface area contributed by atoms with Crippen molar-refractivity contribution in [2.24, 2.45) is 5.10 Å². The number of hydrazone groups is 1. The first kappa shape index (κ1) is 20.4. The van der Waals surface area contributed by atoms with Gasteiger partial charge in [-0.25, -0.2) is 5.43 Å². The highest BCUT2D eigenvalue weighted by atomic mass is 19.4. The highest BCUT2D eigenvalue weighted by Gasteiger charge is 2.36. The van der Waals surface area contributed by atoms with E-state index in [4.69, 9.17) is 4.74 Å². The lowest BCUT2D eigenvalue weighted by Crippen LogP contribution is -2.55. The summed E-state index contributed by atoms with van der Waals surface area (Å²) in [5.74, 6) is 0.654. The van der Waals surface area contributed by atoms with Gasteiger partial charge in [-0.1, -0.05) is 12.1 Å². The fourth-order valence-electron chi connectivity index (χ4n) is 3.88. The molecule has 1 fully saturated rings. The van der Waals surface area contributed by atoms with Gasteiger partial charge in [-0.3, -0.25) is 4.79 Å². The van der Waals surface area contributed by atoms with Gasteiger partial charge in [0.05, 0.1) is 11.7 Å². The number of benzene rings is 2. The summed E-state index contributed by atoms with van der Waals surface area (Å²) in [6, 6.07) is 9.16. The van der Waals surface area contributed by atoms with Gasteiger partial charge in [0.15, 0.2) is 5.84 Å². The van der Waals surface area contributed by atoms with Gasteiger partial charge in [-0.2, -0.15) is 5.10 Å². The predicted octanol–water partition coefficient (Wildman–Crippen LogP) is 2.67. The summed E-state index contributed by atoms with van der Waals surface area (Å²) >= 11 is 0. The van der Waals surface area contributed by atoms with Crippen molar-refractivity contribution >= 4 is 23.1 Å². The lowest BCUT2D eigenvalue weighted by molar-refractivity contribution is -0.274. The summed E-state index contributed by atoms with van der Waals surface area (Å²) in [5.41, 5.74) is 5.45. The number of hydrogen-bond acceptors (Lipinski definition) is 7. The van der Waals surface area contributed by atoms with Crippen molar-refractivity contribution in [3.63, 3.8) is 0 Å². The second-order valence-corrected chi connectivity index (χ2v) is 7.78. The Morgan fingerprint density at radius 3 is 2.62 bits per heavy atom. The molecule has 0 spiro atoms. The maximum atomic E-state index is 12.5. The molecule has 3 aliphatic heterocycles. The largest absolute Gasteiger partial charge is 0.573 e. The van der Waals surface area contributed by atoms with Crippen LogP contribution >= 0.6 is 0 Å². The van der Waals surface area contributed by atoms with Gasteiger partial charge < -0.3 is 25.0 Å². The van der Waals surface area contributed by atoms with Gasteiger partial charge in [-0.15, -0.1) is 13.2 Å². The Balaban J connectivity index is 1.55. The predicted molar refractivity (Wildman–Crippen MR) is 112 cm³/mol. The summed E-state index contributed by atoms with van der Waals surface area (Å²) in [6.45, 7) is 3.56. The smallest absolute Gasteiger partial charge is 0.483 e. The number of amides is 1. The van der Waals surface area contributed by atoms with Crippen LogP contribution in [0.4, 0.5) is 24.5 Å². The molecule has 2 aromatic rings. The highest BCUT2D eigenvalue weighted by Crippen LogP contribution is 2.43. The monoisotopic (exact) mass is 447 g/mol. The van der Waals surface area contributed by atoms with E-state index >= 15 is 0 Å². The van der Waals surface area contributed by atoms with Crippen LogP contribution in [-0.4, -0.2) is 49.9 Å². The van der Waals surface area contributed by atoms with E-state index in [-0.39, 0.29) is 24.3 Å². The van der Waals surface area contributed by atoms with Gasteiger partial charge in [0.2, 0.25) is 0 Å². The number of ether oxygens (including phenoxy) is 2. The van der Waals surface area contributed by atoms with Gasteiger partial charge in [0, 0.05) is 24.3 Å². The molecule has 0 radical (unpaired) electrons. The van der Waals surface area contributed by atoms with Crippen molar-refractivity contribution in [2.75, 3.05) is 29.9 Å². The lowest BCUT2D eigenvalue weighted by atomic mass is 9.99.